The predicted molar refractivity (Wildman–Crippen MR) is 57.5 cm³/mol. The van der Waals surface area contributed by atoms with Crippen LogP contribution in [0.2, 0.25) is 0 Å². The molecule has 1 amide bonds. The number of benzene rings is 1. The summed E-state index contributed by atoms with van der Waals surface area (Å²) in [6.07, 6.45) is 1.47. The third-order valence-electron chi connectivity index (χ3n) is 1.89. The second-order valence-electron chi connectivity index (χ2n) is 2.96. The number of aromatic nitrogens is 2. The molecule has 0 spiro atoms. The van der Waals surface area contributed by atoms with Crippen LogP contribution in [0.1, 0.15) is 0 Å². The van der Waals surface area contributed by atoms with E-state index >= 15 is 0 Å². The van der Waals surface area contributed by atoms with Gasteiger partial charge in [-0.15, -0.1) is 0 Å². The zero-order valence-electron chi connectivity index (χ0n) is 7.92. The summed E-state index contributed by atoms with van der Waals surface area (Å²) in [5.74, 6) is 0.309. The van der Waals surface area contributed by atoms with E-state index in [1.54, 1.807) is 18.2 Å². The molecule has 2 aromatic rings. The van der Waals surface area contributed by atoms with Crippen LogP contribution < -0.4 is 11.1 Å². The maximum absolute atomic E-state index is 11.6. The molecule has 0 radical (unpaired) electrons. The lowest BCUT2D eigenvalue weighted by Crippen LogP contribution is -2.22. The quantitative estimate of drug-likeness (QED) is 0.736. The van der Waals surface area contributed by atoms with Crippen LogP contribution in [0.25, 0.3) is 0 Å². The van der Waals surface area contributed by atoms with Gasteiger partial charge in [-0.2, -0.15) is 9.78 Å². The Morgan fingerprint density at radius 2 is 2.00 bits per heavy atom. The van der Waals surface area contributed by atoms with E-state index in [0.717, 1.165) is 4.68 Å². The molecule has 1 aromatic heterocycles. The van der Waals surface area contributed by atoms with E-state index in [0.29, 0.717) is 11.5 Å². The fraction of sp³-hybridized carbons (Fsp3) is 0. The maximum atomic E-state index is 11.6. The van der Waals surface area contributed by atoms with E-state index < -0.39 is 0 Å². The number of carbonyl (C=O) groups excluding carboxylic acids is 1. The Hall–Kier alpha value is -2.30. The number of carbonyl (C=O) groups is 1. The van der Waals surface area contributed by atoms with E-state index in [1.165, 1.54) is 6.20 Å². The van der Waals surface area contributed by atoms with Crippen molar-refractivity contribution in [2.24, 2.45) is 0 Å². The van der Waals surface area contributed by atoms with Gasteiger partial charge < -0.3 is 11.1 Å². The van der Waals surface area contributed by atoms with Gasteiger partial charge in [0.2, 0.25) is 0 Å². The van der Waals surface area contributed by atoms with Crippen molar-refractivity contribution in [1.82, 2.24) is 9.78 Å². The zero-order valence-corrected chi connectivity index (χ0v) is 7.92. The smallest absolute Gasteiger partial charge is 0.348 e. The van der Waals surface area contributed by atoms with Crippen molar-refractivity contribution in [1.29, 1.82) is 0 Å². The summed E-state index contributed by atoms with van der Waals surface area (Å²) in [5.41, 5.74) is 6.24. The molecular formula is C10H10N4O. The average molecular weight is 202 g/mol. The van der Waals surface area contributed by atoms with Crippen LogP contribution in [-0.2, 0) is 0 Å². The van der Waals surface area contributed by atoms with Crippen LogP contribution in [0.3, 0.4) is 0 Å². The van der Waals surface area contributed by atoms with Crippen LogP contribution in [0.15, 0.2) is 42.6 Å². The lowest BCUT2D eigenvalue weighted by molar-refractivity contribution is 0.251. The van der Waals surface area contributed by atoms with Crippen LogP contribution in [0.4, 0.5) is 16.3 Å². The minimum Gasteiger partial charge on any atom is -0.383 e. The zero-order chi connectivity index (χ0) is 10.7. The Labute approximate surface area is 86.5 Å². The van der Waals surface area contributed by atoms with Crippen molar-refractivity contribution in [3.63, 3.8) is 0 Å². The van der Waals surface area contributed by atoms with Gasteiger partial charge in [0.15, 0.2) is 0 Å². The molecule has 3 N–H and O–H groups in total. The summed E-state index contributed by atoms with van der Waals surface area (Å²) in [5, 5.41) is 6.46. The topological polar surface area (TPSA) is 72.9 Å². The number of hydrogen-bond donors (Lipinski definition) is 2. The van der Waals surface area contributed by atoms with Crippen molar-refractivity contribution in [2.45, 2.75) is 0 Å². The van der Waals surface area contributed by atoms with Gasteiger partial charge in [0.05, 0.1) is 6.20 Å². The predicted octanol–water partition coefficient (Wildman–Crippen LogP) is 1.55. The van der Waals surface area contributed by atoms with Gasteiger partial charge >= 0.3 is 6.03 Å². The minimum atomic E-state index is -0.372. The van der Waals surface area contributed by atoms with E-state index in [9.17, 15) is 4.79 Å². The summed E-state index contributed by atoms with van der Waals surface area (Å²) >= 11 is 0. The molecule has 1 aromatic carbocycles. The highest BCUT2D eigenvalue weighted by Gasteiger charge is 2.07. The molecule has 0 aliphatic carbocycles. The third kappa shape index (κ3) is 1.96. The molecule has 5 heteroatoms. The van der Waals surface area contributed by atoms with Crippen molar-refractivity contribution in [3.05, 3.63) is 42.6 Å². The Balaban J connectivity index is 2.15. The lowest BCUT2D eigenvalue weighted by Gasteiger charge is -2.05. The average Bonchev–Trinajstić information content (AvgIpc) is 2.66. The highest BCUT2D eigenvalue weighted by Crippen LogP contribution is 2.07. The first-order valence-electron chi connectivity index (χ1n) is 4.43. The number of nitrogen functional groups attached to an aromatic ring is 1. The SMILES string of the molecule is Nc1ccnn1C(=O)Nc1ccccc1. The van der Waals surface area contributed by atoms with Gasteiger partial charge in [0.25, 0.3) is 0 Å². The van der Waals surface area contributed by atoms with Crippen LogP contribution in [0, 0.1) is 0 Å². The summed E-state index contributed by atoms with van der Waals surface area (Å²) in [4.78, 5) is 11.6. The summed E-state index contributed by atoms with van der Waals surface area (Å²) in [6, 6.07) is 10.3. The van der Waals surface area contributed by atoms with Gasteiger partial charge in [0, 0.05) is 11.8 Å². The number of para-hydroxylation sites is 1. The molecular weight excluding hydrogens is 192 g/mol. The third-order valence-corrected chi connectivity index (χ3v) is 1.89. The van der Waals surface area contributed by atoms with Crippen LogP contribution >= 0.6 is 0 Å². The molecule has 0 saturated carbocycles. The molecule has 0 bridgehead atoms. The number of anilines is 2. The van der Waals surface area contributed by atoms with Gasteiger partial charge in [-0.25, -0.2) is 4.79 Å². The van der Waals surface area contributed by atoms with Crippen LogP contribution in [0.5, 0.6) is 0 Å². The summed E-state index contributed by atoms with van der Waals surface area (Å²) in [6.45, 7) is 0. The molecule has 0 unspecified atom stereocenters. The van der Waals surface area contributed by atoms with Gasteiger partial charge in [0.1, 0.15) is 5.82 Å². The van der Waals surface area contributed by atoms with Crippen molar-refractivity contribution in [3.8, 4) is 0 Å². The molecule has 1 heterocycles. The standard InChI is InChI=1S/C10H10N4O/c11-9-6-7-12-14(9)10(15)13-8-4-2-1-3-5-8/h1-7H,11H2,(H,13,15). The van der Waals surface area contributed by atoms with Crippen molar-refractivity contribution in [2.75, 3.05) is 11.1 Å². The minimum absolute atomic E-state index is 0.309. The lowest BCUT2D eigenvalue weighted by atomic mass is 10.3. The van der Waals surface area contributed by atoms with Gasteiger partial charge in [-0.1, -0.05) is 18.2 Å². The Kier molecular flexibility index (Phi) is 2.37. The Morgan fingerprint density at radius 1 is 1.27 bits per heavy atom. The molecule has 0 saturated heterocycles. The Morgan fingerprint density at radius 3 is 2.60 bits per heavy atom. The first-order valence-corrected chi connectivity index (χ1v) is 4.43. The highest BCUT2D eigenvalue weighted by atomic mass is 16.2. The molecule has 2 rings (SSSR count). The van der Waals surface area contributed by atoms with Gasteiger partial charge in [-0.05, 0) is 12.1 Å². The molecule has 76 valence electrons. The number of rotatable bonds is 1. The Bertz CT molecular complexity index is 463. The van der Waals surface area contributed by atoms with Crippen molar-refractivity contribution >= 4 is 17.5 Å². The van der Waals surface area contributed by atoms with E-state index in [4.69, 9.17) is 5.73 Å². The number of nitrogens with zero attached hydrogens (tertiary/aromatic N) is 2. The van der Waals surface area contributed by atoms with E-state index in [1.807, 2.05) is 18.2 Å². The first kappa shape index (κ1) is 9.26. The number of hydrogen-bond acceptors (Lipinski definition) is 3. The van der Waals surface area contributed by atoms with E-state index in [2.05, 4.69) is 10.4 Å². The molecule has 0 aliphatic heterocycles. The fourth-order valence-electron chi connectivity index (χ4n) is 1.18. The second kappa shape index (κ2) is 3.83. The first-order chi connectivity index (χ1) is 7.27. The van der Waals surface area contributed by atoms with E-state index in [-0.39, 0.29) is 6.03 Å². The monoisotopic (exact) mass is 202 g/mol. The molecule has 0 aliphatic rings. The molecule has 0 fully saturated rings. The normalized spacial score (nSPS) is 9.87. The highest BCUT2D eigenvalue weighted by molar-refractivity contribution is 5.92. The summed E-state index contributed by atoms with van der Waals surface area (Å²) in [7, 11) is 0. The van der Waals surface area contributed by atoms with Crippen molar-refractivity contribution < 1.29 is 4.79 Å². The summed E-state index contributed by atoms with van der Waals surface area (Å²) < 4.78 is 1.10. The second-order valence-corrected chi connectivity index (χ2v) is 2.96. The fourth-order valence-corrected chi connectivity index (χ4v) is 1.18. The number of nitrogens with one attached hydrogen (secondary N) is 1. The maximum Gasteiger partial charge on any atom is 0.348 e. The van der Waals surface area contributed by atoms with Gasteiger partial charge in [-0.3, -0.25) is 0 Å². The number of amides is 1. The number of nitrogens with two attached hydrogens (primary N) is 1. The molecule has 0 atom stereocenters. The molecule has 15 heavy (non-hydrogen) atoms. The largest absolute Gasteiger partial charge is 0.383 e. The van der Waals surface area contributed by atoms with Crippen LogP contribution in [-0.4, -0.2) is 15.8 Å². The molecule has 5 nitrogen and oxygen atoms in total.